The van der Waals surface area contributed by atoms with Gasteiger partial charge >= 0.3 is 0 Å². The van der Waals surface area contributed by atoms with Crippen LogP contribution in [-0.2, 0) is 0 Å². The van der Waals surface area contributed by atoms with E-state index < -0.39 is 0 Å². The molecule has 1 heterocycles. The van der Waals surface area contributed by atoms with Gasteiger partial charge in [-0.25, -0.2) is 0 Å². The Morgan fingerprint density at radius 2 is 1.91 bits per heavy atom. The van der Waals surface area contributed by atoms with Crippen LogP contribution >= 0.6 is 0 Å². The summed E-state index contributed by atoms with van der Waals surface area (Å²) in [6, 6.07) is 1.98. The number of aliphatic hydroxyl groups excluding tert-OH is 1. The third kappa shape index (κ3) is 3.37. The highest BCUT2D eigenvalue weighted by Crippen LogP contribution is 2.43. The number of unbranched alkanes of at least 4 members (excludes halogenated alkanes) is 1. The van der Waals surface area contributed by atoms with Crippen LogP contribution in [0.5, 0.6) is 0 Å². The van der Waals surface area contributed by atoms with Crippen molar-refractivity contribution in [3.8, 4) is 0 Å². The smallest absolute Gasteiger partial charge is 0.0935 e. The topological polar surface area (TPSA) is 48.9 Å². The van der Waals surface area contributed by atoms with Crippen molar-refractivity contribution in [3.05, 3.63) is 0 Å². The molecular formula is C19H37N2O+. The van der Waals surface area contributed by atoms with Crippen molar-refractivity contribution in [1.29, 1.82) is 0 Å². The summed E-state index contributed by atoms with van der Waals surface area (Å²) in [5.74, 6) is 1.24. The van der Waals surface area contributed by atoms with Gasteiger partial charge in [-0.3, -0.25) is 0 Å². The molecule has 3 heteroatoms. The van der Waals surface area contributed by atoms with E-state index in [1.807, 2.05) is 0 Å². The van der Waals surface area contributed by atoms with Gasteiger partial charge in [-0.1, -0.05) is 33.6 Å². The van der Waals surface area contributed by atoms with E-state index in [0.29, 0.717) is 23.4 Å². The van der Waals surface area contributed by atoms with Crippen LogP contribution < -0.4 is 10.6 Å². The van der Waals surface area contributed by atoms with Crippen molar-refractivity contribution in [2.24, 2.45) is 17.3 Å². The molecule has 3 nitrogen and oxygen atoms in total. The van der Waals surface area contributed by atoms with Crippen LogP contribution in [0.25, 0.3) is 0 Å². The molecule has 0 aromatic carbocycles. The fourth-order valence-corrected chi connectivity index (χ4v) is 5.76. The summed E-state index contributed by atoms with van der Waals surface area (Å²) in [7, 11) is 0. The summed E-state index contributed by atoms with van der Waals surface area (Å²) in [5.41, 5.74) is 0.298. The number of hydrogen-bond donors (Lipinski definition) is 3. The number of piperidine rings is 1. The third-order valence-corrected chi connectivity index (χ3v) is 6.64. The van der Waals surface area contributed by atoms with Crippen LogP contribution in [0, 0.1) is 17.3 Å². The summed E-state index contributed by atoms with van der Waals surface area (Å²) in [4.78, 5) is 0. The number of aliphatic hydroxyl groups is 1. The molecule has 2 saturated carbocycles. The summed E-state index contributed by atoms with van der Waals surface area (Å²) < 4.78 is 0. The average Bonchev–Trinajstić information content (AvgIpc) is 2.45. The Bertz CT molecular complexity index is 370. The zero-order valence-electron chi connectivity index (χ0n) is 14.9. The minimum atomic E-state index is -0.119. The first-order chi connectivity index (χ1) is 10.5. The van der Waals surface area contributed by atoms with E-state index in [-0.39, 0.29) is 6.10 Å². The first-order valence-electron chi connectivity index (χ1n) is 9.78. The van der Waals surface area contributed by atoms with Gasteiger partial charge in [-0.15, -0.1) is 0 Å². The van der Waals surface area contributed by atoms with Crippen LogP contribution in [0.4, 0.5) is 0 Å². The van der Waals surface area contributed by atoms with Crippen molar-refractivity contribution >= 4 is 0 Å². The first-order valence-corrected chi connectivity index (χ1v) is 9.78. The van der Waals surface area contributed by atoms with Gasteiger partial charge in [0, 0.05) is 18.4 Å². The molecule has 128 valence electrons. The maximum absolute atomic E-state index is 10.9. The maximum Gasteiger partial charge on any atom is 0.0935 e. The molecule has 1 saturated heterocycles. The van der Waals surface area contributed by atoms with Crippen LogP contribution in [0.3, 0.4) is 0 Å². The Hall–Kier alpha value is -0.120. The zero-order chi connectivity index (χ0) is 15.7. The quantitative estimate of drug-likeness (QED) is 0.696. The Kier molecular flexibility index (Phi) is 5.16. The van der Waals surface area contributed by atoms with Crippen molar-refractivity contribution in [1.82, 2.24) is 5.32 Å². The van der Waals surface area contributed by atoms with E-state index in [0.717, 1.165) is 24.9 Å². The predicted molar refractivity (Wildman–Crippen MR) is 90.7 cm³/mol. The summed E-state index contributed by atoms with van der Waals surface area (Å²) in [6.45, 7) is 8.07. The Morgan fingerprint density at radius 3 is 2.68 bits per heavy atom. The molecule has 22 heavy (non-hydrogen) atoms. The molecule has 0 aromatic rings. The predicted octanol–water partition coefficient (Wildman–Crippen LogP) is 2.05. The zero-order valence-corrected chi connectivity index (χ0v) is 14.9. The molecule has 0 amide bonds. The summed E-state index contributed by atoms with van der Waals surface area (Å²) >= 11 is 0. The third-order valence-electron chi connectivity index (χ3n) is 6.64. The fraction of sp³-hybridized carbons (Fsp3) is 1.00. The van der Waals surface area contributed by atoms with Gasteiger partial charge in [-0.05, 0) is 44.1 Å². The van der Waals surface area contributed by atoms with Crippen LogP contribution in [-0.4, -0.2) is 35.9 Å². The SMILES string of the molecule is CCCCNC1C2CCCCC2[NH2+]C2CC(C)(C)C[C@H](O)C21. The highest BCUT2D eigenvalue weighted by Gasteiger charge is 2.54. The van der Waals surface area contributed by atoms with Gasteiger partial charge in [0.1, 0.15) is 0 Å². The van der Waals surface area contributed by atoms with Crippen molar-refractivity contribution < 1.29 is 10.4 Å². The highest BCUT2D eigenvalue weighted by molar-refractivity contribution is 5.02. The van der Waals surface area contributed by atoms with Gasteiger partial charge in [0.15, 0.2) is 0 Å². The van der Waals surface area contributed by atoms with E-state index in [9.17, 15) is 5.11 Å². The lowest BCUT2D eigenvalue weighted by Gasteiger charge is -2.53. The number of fused-ring (bicyclic) bond motifs is 2. The number of quaternary nitrogens is 1. The van der Waals surface area contributed by atoms with Crippen LogP contribution in [0.15, 0.2) is 0 Å². The monoisotopic (exact) mass is 309 g/mol. The molecule has 0 spiro atoms. The largest absolute Gasteiger partial charge is 0.393 e. The number of hydrogen-bond acceptors (Lipinski definition) is 2. The number of rotatable bonds is 4. The molecule has 6 atom stereocenters. The number of nitrogens with one attached hydrogen (secondary N) is 1. The Labute approximate surface area is 136 Å². The lowest BCUT2D eigenvalue weighted by Crippen LogP contribution is -3.03. The van der Waals surface area contributed by atoms with Gasteiger partial charge in [-0.2, -0.15) is 0 Å². The van der Waals surface area contributed by atoms with E-state index in [1.165, 1.54) is 44.9 Å². The fourth-order valence-electron chi connectivity index (χ4n) is 5.76. The minimum absolute atomic E-state index is 0.119. The van der Waals surface area contributed by atoms with E-state index in [1.54, 1.807) is 0 Å². The Balaban J connectivity index is 1.78. The van der Waals surface area contributed by atoms with Crippen molar-refractivity contribution in [2.75, 3.05) is 6.54 Å². The lowest BCUT2D eigenvalue weighted by molar-refractivity contribution is -0.752. The molecule has 1 aliphatic heterocycles. The van der Waals surface area contributed by atoms with Gasteiger partial charge in [0.05, 0.1) is 24.1 Å². The number of nitrogens with two attached hydrogens (primary N) is 1. The molecule has 0 aromatic heterocycles. The van der Waals surface area contributed by atoms with Crippen molar-refractivity contribution in [2.45, 2.75) is 96.4 Å². The van der Waals surface area contributed by atoms with Gasteiger partial charge in [0.25, 0.3) is 0 Å². The second kappa shape index (κ2) is 6.78. The second-order valence-electron chi connectivity index (χ2n) is 9.02. The molecule has 3 aliphatic rings. The van der Waals surface area contributed by atoms with Crippen LogP contribution in [0.2, 0.25) is 0 Å². The van der Waals surface area contributed by atoms with E-state index in [4.69, 9.17) is 0 Å². The maximum atomic E-state index is 10.9. The second-order valence-corrected chi connectivity index (χ2v) is 9.02. The molecule has 2 aliphatic carbocycles. The molecule has 0 radical (unpaired) electrons. The Morgan fingerprint density at radius 1 is 1.14 bits per heavy atom. The lowest BCUT2D eigenvalue weighted by atomic mass is 9.60. The van der Waals surface area contributed by atoms with Gasteiger partial charge < -0.3 is 15.7 Å². The van der Waals surface area contributed by atoms with Crippen molar-refractivity contribution in [3.63, 3.8) is 0 Å². The molecule has 3 rings (SSSR count). The average molecular weight is 310 g/mol. The molecule has 5 unspecified atom stereocenters. The van der Waals surface area contributed by atoms with Crippen LogP contribution in [0.1, 0.15) is 72.1 Å². The summed E-state index contributed by atoms with van der Waals surface area (Å²) in [5, 5.41) is 17.5. The molecule has 0 bridgehead atoms. The summed E-state index contributed by atoms with van der Waals surface area (Å²) in [6.07, 6.45) is 10.2. The van der Waals surface area contributed by atoms with E-state index in [2.05, 4.69) is 31.4 Å². The first kappa shape index (κ1) is 16.7. The highest BCUT2D eigenvalue weighted by atomic mass is 16.3. The standard InChI is InChI=1S/C19H36N2O/c1-4-5-10-20-18-13-8-6-7-9-14(13)21-15-11-19(2,3)12-16(22)17(15)18/h13-18,20-22H,4-12H2,1-3H3/p+1/t13?,14?,15?,16-,17?,18?/m0/s1. The minimum Gasteiger partial charge on any atom is -0.393 e. The molecule has 4 N–H and O–H groups in total. The van der Waals surface area contributed by atoms with Gasteiger partial charge in [0.2, 0.25) is 0 Å². The molecular weight excluding hydrogens is 272 g/mol. The normalized spacial score (nSPS) is 44.2. The molecule has 3 fully saturated rings. The van der Waals surface area contributed by atoms with E-state index >= 15 is 0 Å².